The summed E-state index contributed by atoms with van der Waals surface area (Å²) in [6.45, 7) is 4.91. The second-order valence-electron chi connectivity index (χ2n) is 4.82. The third-order valence-corrected chi connectivity index (χ3v) is 4.29. The number of amides is 1. The maximum atomic E-state index is 12.1. The zero-order valence-corrected chi connectivity index (χ0v) is 12.3. The predicted molar refractivity (Wildman–Crippen MR) is 70.7 cm³/mol. The molecule has 1 atom stereocenters. The molecule has 1 saturated heterocycles. The Balaban J connectivity index is 2.73. The van der Waals surface area contributed by atoms with Gasteiger partial charge in [-0.15, -0.1) is 0 Å². The fraction of sp³-hybridized carbons (Fsp3) is 0.900. The van der Waals surface area contributed by atoms with E-state index in [4.69, 9.17) is 10.5 Å². The van der Waals surface area contributed by atoms with Crippen LogP contribution in [0.5, 0.6) is 0 Å². The molecule has 1 unspecified atom stereocenters. The molecule has 1 aliphatic heterocycles. The van der Waals surface area contributed by atoms with Crippen LogP contribution in [0.4, 0.5) is 4.79 Å². The first-order valence-electron chi connectivity index (χ1n) is 6.15. The van der Waals surface area contributed by atoms with E-state index >= 15 is 0 Å². The Hall–Kier alpha value is -0.900. The van der Waals surface area contributed by atoms with Crippen molar-refractivity contribution in [1.29, 1.82) is 0 Å². The smallest absolute Gasteiger partial charge is 0.422 e. The largest absolute Gasteiger partial charge is 0.446 e. The van der Waals surface area contributed by atoms with Crippen molar-refractivity contribution in [2.24, 2.45) is 5.73 Å². The lowest BCUT2D eigenvalue weighted by Gasteiger charge is -2.38. The highest BCUT2D eigenvalue weighted by Crippen LogP contribution is 2.11. The molecular weight excluding hydrogens is 272 g/mol. The maximum absolute atomic E-state index is 12.1. The topological polar surface area (TPSA) is 105 Å². The van der Waals surface area contributed by atoms with E-state index in [1.807, 2.05) is 16.7 Å². The van der Waals surface area contributed by atoms with Crippen LogP contribution in [0.15, 0.2) is 0 Å². The Labute approximate surface area is 114 Å². The normalized spacial score (nSPS) is 22.5. The highest BCUT2D eigenvalue weighted by Gasteiger charge is 2.34. The van der Waals surface area contributed by atoms with Crippen LogP contribution in [0.1, 0.15) is 13.8 Å². The lowest BCUT2D eigenvalue weighted by Crippen LogP contribution is -2.59. The standard InChI is InChI=1S/C10H22N4O4S/c1-8(2)18-10(15)12-19(16,17)14-5-4-13(3)7-9(14)6-11/h8-9H,4-7,11H2,1-3H3,(H,12,15). The van der Waals surface area contributed by atoms with Crippen LogP contribution in [0, 0.1) is 0 Å². The van der Waals surface area contributed by atoms with Crippen molar-refractivity contribution >= 4 is 16.3 Å². The summed E-state index contributed by atoms with van der Waals surface area (Å²) in [7, 11) is -2.01. The summed E-state index contributed by atoms with van der Waals surface area (Å²) in [4.78, 5) is 13.4. The molecule has 8 nitrogen and oxygen atoms in total. The van der Waals surface area contributed by atoms with Crippen LogP contribution in [-0.2, 0) is 14.9 Å². The third kappa shape index (κ3) is 4.60. The number of hydrogen-bond donors (Lipinski definition) is 2. The molecule has 0 saturated carbocycles. The summed E-state index contributed by atoms with van der Waals surface area (Å²) in [6, 6.07) is -0.344. The quantitative estimate of drug-likeness (QED) is 0.685. The summed E-state index contributed by atoms with van der Waals surface area (Å²) in [5, 5.41) is 0. The summed E-state index contributed by atoms with van der Waals surface area (Å²) >= 11 is 0. The van der Waals surface area contributed by atoms with Crippen molar-refractivity contribution in [3.05, 3.63) is 0 Å². The lowest BCUT2D eigenvalue weighted by molar-refractivity contribution is 0.119. The molecule has 0 spiro atoms. The van der Waals surface area contributed by atoms with Crippen molar-refractivity contribution in [1.82, 2.24) is 13.9 Å². The zero-order valence-electron chi connectivity index (χ0n) is 11.5. The van der Waals surface area contributed by atoms with Gasteiger partial charge in [-0.05, 0) is 20.9 Å². The molecule has 19 heavy (non-hydrogen) atoms. The molecule has 0 aromatic rings. The minimum Gasteiger partial charge on any atom is -0.446 e. The van der Waals surface area contributed by atoms with E-state index in [2.05, 4.69) is 0 Å². The number of rotatable bonds is 4. The van der Waals surface area contributed by atoms with Gasteiger partial charge >= 0.3 is 16.3 Å². The van der Waals surface area contributed by atoms with E-state index in [9.17, 15) is 13.2 Å². The van der Waals surface area contributed by atoms with Gasteiger partial charge in [-0.25, -0.2) is 9.52 Å². The first kappa shape index (κ1) is 16.2. The maximum Gasteiger partial charge on any atom is 0.422 e. The van der Waals surface area contributed by atoms with Crippen molar-refractivity contribution in [3.8, 4) is 0 Å². The van der Waals surface area contributed by atoms with Crippen molar-refractivity contribution in [2.45, 2.75) is 26.0 Å². The molecule has 0 aromatic heterocycles. The summed E-state index contributed by atoms with van der Waals surface area (Å²) in [6.07, 6.45) is -1.35. The summed E-state index contributed by atoms with van der Waals surface area (Å²) in [5.74, 6) is 0. The predicted octanol–water partition coefficient (Wildman–Crippen LogP) is -1.06. The Kier molecular flexibility index (Phi) is 5.53. The Morgan fingerprint density at radius 2 is 2.11 bits per heavy atom. The lowest BCUT2D eigenvalue weighted by atomic mass is 10.2. The highest BCUT2D eigenvalue weighted by atomic mass is 32.2. The van der Waals surface area contributed by atoms with E-state index in [1.165, 1.54) is 4.31 Å². The molecule has 112 valence electrons. The number of likely N-dealkylation sites (N-methyl/N-ethyl adjacent to an activating group) is 1. The minimum atomic E-state index is -3.91. The Morgan fingerprint density at radius 3 is 2.63 bits per heavy atom. The molecular formula is C10H22N4O4S. The average molecular weight is 294 g/mol. The zero-order chi connectivity index (χ0) is 14.6. The van der Waals surface area contributed by atoms with Gasteiger partial charge in [0.1, 0.15) is 0 Å². The van der Waals surface area contributed by atoms with Crippen molar-refractivity contribution < 1.29 is 17.9 Å². The first-order chi connectivity index (χ1) is 8.76. The number of piperazine rings is 1. The number of hydrogen-bond acceptors (Lipinski definition) is 6. The molecule has 1 aliphatic rings. The molecule has 0 aromatic carbocycles. The number of carbonyl (C=O) groups excluding carboxylic acids is 1. The Morgan fingerprint density at radius 1 is 1.47 bits per heavy atom. The molecule has 1 heterocycles. The fourth-order valence-electron chi connectivity index (χ4n) is 1.90. The number of ether oxygens (including phenoxy) is 1. The molecule has 1 rings (SSSR count). The van der Waals surface area contributed by atoms with Crippen LogP contribution in [-0.4, -0.2) is 69.1 Å². The van der Waals surface area contributed by atoms with Gasteiger partial charge in [-0.3, -0.25) is 0 Å². The fourth-order valence-corrected chi connectivity index (χ4v) is 3.15. The molecule has 1 amide bonds. The van der Waals surface area contributed by atoms with E-state index < -0.39 is 16.3 Å². The van der Waals surface area contributed by atoms with E-state index in [0.717, 1.165) is 0 Å². The molecule has 3 N–H and O–H groups in total. The summed E-state index contributed by atoms with van der Waals surface area (Å²) < 4.78 is 32.1. The van der Waals surface area contributed by atoms with Crippen molar-refractivity contribution in [3.63, 3.8) is 0 Å². The number of nitrogens with one attached hydrogen (secondary N) is 1. The molecule has 0 radical (unpaired) electrons. The second-order valence-corrected chi connectivity index (χ2v) is 6.45. The van der Waals surface area contributed by atoms with Crippen LogP contribution in [0.25, 0.3) is 0 Å². The number of nitrogens with two attached hydrogens (primary N) is 1. The van der Waals surface area contributed by atoms with Gasteiger partial charge in [0.15, 0.2) is 0 Å². The average Bonchev–Trinajstić information content (AvgIpc) is 2.26. The van der Waals surface area contributed by atoms with Gasteiger partial charge in [0.2, 0.25) is 0 Å². The van der Waals surface area contributed by atoms with E-state index in [-0.39, 0.29) is 18.7 Å². The molecule has 0 aliphatic carbocycles. The van der Waals surface area contributed by atoms with Crippen LogP contribution in [0.3, 0.4) is 0 Å². The van der Waals surface area contributed by atoms with Gasteiger partial charge in [0.05, 0.1) is 12.1 Å². The van der Waals surface area contributed by atoms with Gasteiger partial charge in [-0.1, -0.05) is 0 Å². The monoisotopic (exact) mass is 294 g/mol. The van der Waals surface area contributed by atoms with Gasteiger partial charge in [-0.2, -0.15) is 12.7 Å². The SMILES string of the molecule is CC(C)OC(=O)NS(=O)(=O)N1CCN(C)CC1CN. The van der Waals surface area contributed by atoms with Gasteiger partial charge < -0.3 is 15.4 Å². The minimum absolute atomic E-state index is 0.199. The van der Waals surface area contributed by atoms with Gasteiger partial charge in [0, 0.05) is 26.2 Å². The number of nitrogens with zero attached hydrogens (tertiary/aromatic N) is 2. The van der Waals surface area contributed by atoms with Gasteiger partial charge in [0.25, 0.3) is 0 Å². The summed E-state index contributed by atoms with van der Waals surface area (Å²) in [5.41, 5.74) is 5.59. The van der Waals surface area contributed by atoms with Crippen LogP contribution >= 0.6 is 0 Å². The van der Waals surface area contributed by atoms with Crippen LogP contribution in [0.2, 0.25) is 0 Å². The Bertz CT molecular complexity index is 412. The van der Waals surface area contributed by atoms with E-state index in [1.54, 1.807) is 13.8 Å². The molecule has 1 fully saturated rings. The molecule has 9 heteroatoms. The van der Waals surface area contributed by atoms with Crippen LogP contribution < -0.4 is 10.5 Å². The number of carbonyl (C=O) groups is 1. The van der Waals surface area contributed by atoms with Crippen molar-refractivity contribution in [2.75, 3.05) is 33.2 Å². The molecule has 0 bridgehead atoms. The van der Waals surface area contributed by atoms with E-state index in [0.29, 0.717) is 19.6 Å². The second kappa shape index (κ2) is 6.51. The highest BCUT2D eigenvalue weighted by molar-refractivity contribution is 7.87. The first-order valence-corrected chi connectivity index (χ1v) is 7.59. The third-order valence-electron chi connectivity index (χ3n) is 2.77.